The lowest BCUT2D eigenvalue weighted by Crippen LogP contribution is -2.28. The molecule has 1 aromatic rings. The molecular formula is C11H16ClFN2. The van der Waals surface area contributed by atoms with Gasteiger partial charge in [-0.25, -0.2) is 4.39 Å². The van der Waals surface area contributed by atoms with Crippen LogP contribution in [0.4, 0.5) is 10.1 Å². The molecule has 1 N–H and O–H groups in total. The van der Waals surface area contributed by atoms with Gasteiger partial charge >= 0.3 is 0 Å². The Morgan fingerprint density at radius 2 is 1.93 bits per heavy atom. The zero-order valence-corrected chi connectivity index (χ0v) is 9.39. The van der Waals surface area contributed by atoms with E-state index in [9.17, 15) is 4.39 Å². The average molecular weight is 231 g/mol. The number of nitrogens with one attached hydrogen (secondary N) is 1. The second-order valence-corrected chi connectivity index (χ2v) is 3.54. The second-order valence-electron chi connectivity index (χ2n) is 3.54. The first-order chi connectivity index (χ1) is 6.88. The minimum Gasteiger partial charge on any atom is -0.368 e. The number of nitrogens with zero attached hydrogens (tertiary/aromatic N) is 1. The van der Waals surface area contributed by atoms with Gasteiger partial charge in [0.05, 0.1) is 5.69 Å². The van der Waals surface area contributed by atoms with Crippen LogP contribution in [0.1, 0.15) is 6.42 Å². The summed E-state index contributed by atoms with van der Waals surface area (Å²) in [4.78, 5) is 2.11. The number of para-hydroxylation sites is 1. The Labute approximate surface area is 95.9 Å². The summed E-state index contributed by atoms with van der Waals surface area (Å²) in [6.07, 6.45) is 1.08. The Bertz CT molecular complexity index is 298. The number of benzene rings is 1. The Kier molecular flexibility index (Phi) is 4.85. The highest BCUT2D eigenvalue weighted by atomic mass is 35.5. The highest BCUT2D eigenvalue weighted by molar-refractivity contribution is 5.85. The number of hydrogen-bond acceptors (Lipinski definition) is 2. The van der Waals surface area contributed by atoms with Crippen molar-refractivity contribution < 1.29 is 4.39 Å². The second kappa shape index (κ2) is 5.93. The molecule has 0 unspecified atom stereocenters. The summed E-state index contributed by atoms with van der Waals surface area (Å²) in [6, 6.07) is 6.99. The summed E-state index contributed by atoms with van der Waals surface area (Å²) in [5, 5.41) is 3.30. The molecule has 0 spiro atoms. The predicted molar refractivity (Wildman–Crippen MR) is 63.3 cm³/mol. The van der Waals surface area contributed by atoms with Crippen LogP contribution in [-0.4, -0.2) is 26.2 Å². The van der Waals surface area contributed by atoms with E-state index in [1.807, 2.05) is 12.1 Å². The van der Waals surface area contributed by atoms with Gasteiger partial charge in [0.1, 0.15) is 5.82 Å². The summed E-state index contributed by atoms with van der Waals surface area (Å²) < 4.78 is 13.4. The maximum absolute atomic E-state index is 13.4. The van der Waals surface area contributed by atoms with Crippen LogP contribution in [-0.2, 0) is 0 Å². The van der Waals surface area contributed by atoms with Crippen molar-refractivity contribution in [1.29, 1.82) is 0 Å². The molecular weight excluding hydrogens is 215 g/mol. The van der Waals surface area contributed by atoms with Gasteiger partial charge in [-0.1, -0.05) is 12.1 Å². The largest absolute Gasteiger partial charge is 0.368 e. The van der Waals surface area contributed by atoms with Gasteiger partial charge < -0.3 is 10.2 Å². The van der Waals surface area contributed by atoms with E-state index in [2.05, 4.69) is 10.2 Å². The molecule has 0 aromatic heterocycles. The minimum absolute atomic E-state index is 0. The lowest BCUT2D eigenvalue weighted by molar-refractivity contribution is 0.618. The van der Waals surface area contributed by atoms with E-state index >= 15 is 0 Å². The van der Waals surface area contributed by atoms with Gasteiger partial charge in [-0.3, -0.25) is 0 Å². The van der Waals surface area contributed by atoms with Crippen molar-refractivity contribution in [2.24, 2.45) is 0 Å². The van der Waals surface area contributed by atoms with Crippen molar-refractivity contribution in [3.8, 4) is 0 Å². The summed E-state index contributed by atoms with van der Waals surface area (Å²) in [5.74, 6) is -0.116. The van der Waals surface area contributed by atoms with Gasteiger partial charge in [0.25, 0.3) is 0 Å². The molecule has 1 fully saturated rings. The number of halogens is 2. The molecule has 1 heterocycles. The molecule has 15 heavy (non-hydrogen) atoms. The lowest BCUT2D eigenvalue weighted by atomic mass is 10.2. The van der Waals surface area contributed by atoms with Crippen LogP contribution in [0.15, 0.2) is 24.3 Å². The first-order valence-electron chi connectivity index (χ1n) is 5.08. The van der Waals surface area contributed by atoms with Crippen LogP contribution in [0.2, 0.25) is 0 Å². The maximum Gasteiger partial charge on any atom is 0.146 e. The number of anilines is 1. The quantitative estimate of drug-likeness (QED) is 0.795. The highest BCUT2D eigenvalue weighted by Gasteiger charge is 2.12. The van der Waals surface area contributed by atoms with E-state index in [0.717, 1.165) is 38.3 Å². The molecule has 2 nitrogen and oxygen atoms in total. The van der Waals surface area contributed by atoms with Gasteiger partial charge in [-0.2, -0.15) is 0 Å². The zero-order valence-electron chi connectivity index (χ0n) is 8.58. The Balaban J connectivity index is 0.00000112. The van der Waals surface area contributed by atoms with Crippen LogP contribution in [0.5, 0.6) is 0 Å². The molecule has 4 heteroatoms. The van der Waals surface area contributed by atoms with E-state index in [4.69, 9.17) is 0 Å². The third-order valence-electron chi connectivity index (χ3n) is 2.53. The van der Waals surface area contributed by atoms with Crippen LogP contribution in [0.3, 0.4) is 0 Å². The molecule has 0 aliphatic carbocycles. The fourth-order valence-electron chi connectivity index (χ4n) is 1.79. The highest BCUT2D eigenvalue weighted by Crippen LogP contribution is 2.18. The Hall–Kier alpha value is -0.800. The normalized spacial score (nSPS) is 16.7. The summed E-state index contributed by atoms with van der Waals surface area (Å²) >= 11 is 0. The SMILES string of the molecule is Cl.Fc1ccccc1N1CCCNCC1. The standard InChI is InChI=1S/C11H15FN2.ClH/c12-10-4-1-2-5-11(10)14-8-3-6-13-7-9-14;/h1-2,4-5,13H,3,6-9H2;1H. The third kappa shape index (κ3) is 3.08. The summed E-state index contributed by atoms with van der Waals surface area (Å²) in [7, 11) is 0. The first kappa shape index (κ1) is 12.3. The van der Waals surface area contributed by atoms with Crippen LogP contribution < -0.4 is 10.2 Å². The van der Waals surface area contributed by atoms with Crippen LogP contribution in [0.25, 0.3) is 0 Å². The smallest absolute Gasteiger partial charge is 0.146 e. The van der Waals surface area contributed by atoms with E-state index < -0.39 is 0 Å². The molecule has 0 saturated carbocycles. The average Bonchev–Trinajstić information content (AvgIpc) is 2.47. The zero-order chi connectivity index (χ0) is 9.80. The molecule has 0 atom stereocenters. The van der Waals surface area contributed by atoms with Crippen LogP contribution >= 0.6 is 12.4 Å². The first-order valence-corrected chi connectivity index (χ1v) is 5.08. The maximum atomic E-state index is 13.4. The lowest BCUT2D eigenvalue weighted by Gasteiger charge is -2.22. The fourth-order valence-corrected chi connectivity index (χ4v) is 1.79. The molecule has 1 saturated heterocycles. The van der Waals surface area contributed by atoms with Gasteiger partial charge in [0, 0.05) is 19.6 Å². The Morgan fingerprint density at radius 1 is 1.13 bits per heavy atom. The minimum atomic E-state index is -0.116. The molecule has 1 aliphatic rings. The number of rotatable bonds is 1. The molecule has 0 radical (unpaired) electrons. The van der Waals surface area contributed by atoms with E-state index in [1.54, 1.807) is 6.07 Å². The van der Waals surface area contributed by atoms with Crippen molar-refractivity contribution in [1.82, 2.24) is 5.32 Å². The molecule has 0 bridgehead atoms. The molecule has 1 aromatic carbocycles. The molecule has 0 amide bonds. The number of hydrogen-bond donors (Lipinski definition) is 1. The third-order valence-corrected chi connectivity index (χ3v) is 2.53. The van der Waals surface area contributed by atoms with Gasteiger partial charge in [0.15, 0.2) is 0 Å². The van der Waals surface area contributed by atoms with Crippen molar-refractivity contribution in [3.63, 3.8) is 0 Å². The van der Waals surface area contributed by atoms with Crippen LogP contribution in [0, 0.1) is 5.82 Å². The van der Waals surface area contributed by atoms with Gasteiger partial charge in [-0.15, -0.1) is 12.4 Å². The van der Waals surface area contributed by atoms with Gasteiger partial charge in [-0.05, 0) is 25.1 Å². The van der Waals surface area contributed by atoms with Crippen molar-refractivity contribution >= 4 is 18.1 Å². The van der Waals surface area contributed by atoms with E-state index in [1.165, 1.54) is 6.07 Å². The van der Waals surface area contributed by atoms with Gasteiger partial charge in [0.2, 0.25) is 0 Å². The molecule has 84 valence electrons. The summed E-state index contributed by atoms with van der Waals surface area (Å²) in [5.41, 5.74) is 0.733. The van der Waals surface area contributed by atoms with Crippen molar-refractivity contribution in [2.45, 2.75) is 6.42 Å². The van der Waals surface area contributed by atoms with E-state index in [-0.39, 0.29) is 18.2 Å². The van der Waals surface area contributed by atoms with Crippen molar-refractivity contribution in [2.75, 3.05) is 31.1 Å². The molecule has 2 rings (SSSR count). The monoisotopic (exact) mass is 230 g/mol. The Morgan fingerprint density at radius 3 is 2.73 bits per heavy atom. The fraction of sp³-hybridized carbons (Fsp3) is 0.455. The van der Waals surface area contributed by atoms with E-state index in [0.29, 0.717) is 0 Å². The summed E-state index contributed by atoms with van der Waals surface area (Å²) in [6.45, 7) is 3.80. The van der Waals surface area contributed by atoms with Crippen molar-refractivity contribution in [3.05, 3.63) is 30.1 Å². The molecule has 1 aliphatic heterocycles. The topological polar surface area (TPSA) is 15.3 Å². The predicted octanol–water partition coefficient (Wildman–Crippen LogP) is 2.05.